The molecular formula is C16H18F2N2O. The van der Waals surface area contributed by atoms with Crippen molar-refractivity contribution in [1.29, 1.82) is 0 Å². The normalized spacial score (nSPS) is 10.7. The van der Waals surface area contributed by atoms with Crippen molar-refractivity contribution in [3.63, 3.8) is 0 Å². The summed E-state index contributed by atoms with van der Waals surface area (Å²) >= 11 is 0. The van der Waals surface area contributed by atoms with Gasteiger partial charge in [0.15, 0.2) is 17.4 Å². The third kappa shape index (κ3) is 3.98. The quantitative estimate of drug-likeness (QED) is 0.818. The van der Waals surface area contributed by atoms with Crippen LogP contribution in [0.2, 0.25) is 0 Å². The summed E-state index contributed by atoms with van der Waals surface area (Å²) in [4.78, 5) is 4.02. The molecule has 0 saturated carbocycles. The van der Waals surface area contributed by atoms with Crippen LogP contribution < -0.4 is 10.1 Å². The van der Waals surface area contributed by atoms with E-state index in [1.54, 1.807) is 25.3 Å². The van der Waals surface area contributed by atoms with E-state index in [1.807, 2.05) is 6.92 Å². The van der Waals surface area contributed by atoms with Crippen LogP contribution in [-0.4, -0.2) is 11.5 Å². The first kappa shape index (κ1) is 15.4. The maximum atomic E-state index is 14.0. The number of nitrogens with one attached hydrogen (secondary N) is 1. The van der Waals surface area contributed by atoms with Crippen LogP contribution in [0.3, 0.4) is 0 Å². The molecule has 1 aromatic heterocycles. The zero-order chi connectivity index (χ0) is 15.2. The summed E-state index contributed by atoms with van der Waals surface area (Å²) in [6.07, 6.45) is 2.56. The molecule has 1 heterocycles. The summed E-state index contributed by atoms with van der Waals surface area (Å²) in [6, 6.07) is 5.85. The van der Waals surface area contributed by atoms with E-state index in [0.29, 0.717) is 23.6 Å². The molecule has 1 aromatic carbocycles. The van der Waals surface area contributed by atoms with E-state index in [1.165, 1.54) is 12.1 Å². The minimum atomic E-state index is -0.716. The third-order valence-corrected chi connectivity index (χ3v) is 2.98. The van der Waals surface area contributed by atoms with Crippen LogP contribution in [0.5, 0.6) is 11.5 Å². The summed E-state index contributed by atoms with van der Waals surface area (Å²) in [6.45, 7) is 4.97. The zero-order valence-corrected chi connectivity index (χ0v) is 12.1. The highest BCUT2D eigenvalue weighted by Gasteiger charge is 2.14. The average molecular weight is 292 g/mol. The van der Waals surface area contributed by atoms with Crippen LogP contribution in [0.25, 0.3) is 0 Å². The number of aromatic nitrogens is 1. The van der Waals surface area contributed by atoms with Crippen LogP contribution in [-0.2, 0) is 6.54 Å². The number of hydrogen-bond acceptors (Lipinski definition) is 3. The molecule has 0 spiro atoms. The Morgan fingerprint density at radius 3 is 2.57 bits per heavy atom. The smallest absolute Gasteiger partial charge is 0.198 e. The Hall–Kier alpha value is -2.01. The Kier molecular flexibility index (Phi) is 5.22. The van der Waals surface area contributed by atoms with Crippen LogP contribution >= 0.6 is 0 Å². The third-order valence-electron chi connectivity index (χ3n) is 2.98. The van der Waals surface area contributed by atoms with Crippen LogP contribution in [0, 0.1) is 18.6 Å². The fourth-order valence-electron chi connectivity index (χ4n) is 1.91. The molecule has 5 heteroatoms. The maximum absolute atomic E-state index is 14.0. The van der Waals surface area contributed by atoms with Crippen molar-refractivity contribution in [1.82, 2.24) is 10.3 Å². The first-order valence-corrected chi connectivity index (χ1v) is 6.90. The van der Waals surface area contributed by atoms with Gasteiger partial charge in [-0.25, -0.2) is 8.78 Å². The number of benzene rings is 1. The van der Waals surface area contributed by atoms with Gasteiger partial charge in [-0.3, -0.25) is 4.98 Å². The lowest BCUT2D eigenvalue weighted by Crippen LogP contribution is -2.14. The van der Waals surface area contributed by atoms with E-state index in [0.717, 1.165) is 13.0 Å². The summed E-state index contributed by atoms with van der Waals surface area (Å²) in [5.74, 6) is -1.49. The van der Waals surface area contributed by atoms with E-state index in [-0.39, 0.29) is 0 Å². The van der Waals surface area contributed by atoms with Gasteiger partial charge in [-0.1, -0.05) is 6.92 Å². The molecule has 2 aromatic rings. The van der Waals surface area contributed by atoms with Crippen LogP contribution in [0.15, 0.2) is 30.5 Å². The molecule has 0 radical (unpaired) electrons. The fourth-order valence-corrected chi connectivity index (χ4v) is 1.91. The molecular weight excluding hydrogens is 274 g/mol. The molecule has 0 saturated heterocycles. The minimum Gasteiger partial charge on any atom is -0.449 e. The number of hydrogen-bond donors (Lipinski definition) is 1. The highest BCUT2D eigenvalue weighted by molar-refractivity contribution is 5.37. The highest BCUT2D eigenvalue weighted by atomic mass is 19.1. The lowest BCUT2D eigenvalue weighted by Gasteiger charge is -2.11. The molecule has 0 bridgehead atoms. The molecule has 0 unspecified atom stereocenters. The molecule has 0 aliphatic carbocycles. The van der Waals surface area contributed by atoms with Gasteiger partial charge in [0.2, 0.25) is 0 Å². The van der Waals surface area contributed by atoms with Gasteiger partial charge in [0, 0.05) is 12.7 Å². The van der Waals surface area contributed by atoms with Crippen LogP contribution in [0.1, 0.15) is 24.6 Å². The van der Waals surface area contributed by atoms with E-state index in [4.69, 9.17) is 4.74 Å². The summed E-state index contributed by atoms with van der Waals surface area (Å²) < 4.78 is 33.4. The molecule has 1 N–H and O–H groups in total. The fraction of sp³-hybridized carbons (Fsp3) is 0.312. The summed E-state index contributed by atoms with van der Waals surface area (Å²) in [5, 5.41) is 3.10. The molecule has 0 aliphatic heterocycles. The topological polar surface area (TPSA) is 34.1 Å². The summed E-state index contributed by atoms with van der Waals surface area (Å²) in [7, 11) is 0. The van der Waals surface area contributed by atoms with Gasteiger partial charge >= 0.3 is 0 Å². The highest BCUT2D eigenvalue weighted by Crippen LogP contribution is 2.29. The monoisotopic (exact) mass is 292 g/mol. The molecule has 112 valence electrons. The van der Waals surface area contributed by atoms with Gasteiger partial charge in [-0.05, 0) is 49.7 Å². The van der Waals surface area contributed by atoms with Crippen molar-refractivity contribution in [2.45, 2.75) is 26.8 Å². The largest absolute Gasteiger partial charge is 0.449 e. The van der Waals surface area contributed by atoms with E-state index in [9.17, 15) is 8.78 Å². The first-order chi connectivity index (χ1) is 10.1. The number of aryl methyl sites for hydroxylation is 1. The second-order valence-corrected chi connectivity index (χ2v) is 4.75. The maximum Gasteiger partial charge on any atom is 0.198 e. The predicted octanol–water partition coefficient (Wildman–Crippen LogP) is 3.96. The van der Waals surface area contributed by atoms with E-state index >= 15 is 0 Å². The number of pyridine rings is 1. The second kappa shape index (κ2) is 7.13. The van der Waals surface area contributed by atoms with Gasteiger partial charge in [-0.2, -0.15) is 0 Å². The van der Waals surface area contributed by atoms with Crippen molar-refractivity contribution >= 4 is 0 Å². The van der Waals surface area contributed by atoms with E-state index < -0.39 is 17.4 Å². The van der Waals surface area contributed by atoms with Gasteiger partial charge < -0.3 is 10.1 Å². The Morgan fingerprint density at radius 1 is 1.24 bits per heavy atom. The molecule has 3 nitrogen and oxygen atoms in total. The first-order valence-electron chi connectivity index (χ1n) is 6.90. The molecule has 0 atom stereocenters. The lowest BCUT2D eigenvalue weighted by molar-refractivity contribution is 0.402. The van der Waals surface area contributed by atoms with Crippen molar-refractivity contribution in [3.8, 4) is 11.5 Å². The molecule has 21 heavy (non-hydrogen) atoms. The van der Waals surface area contributed by atoms with Gasteiger partial charge in [0.1, 0.15) is 5.75 Å². The van der Waals surface area contributed by atoms with Crippen LogP contribution in [0.4, 0.5) is 8.78 Å². The number of rotatable bonds is 6. The van der Waals surface area contributed by atoms with Gasteiger partial charge in [-0.15, -0.1) is 0 Å². The average Bonchev–Trinajstić information content (AvgIpc) is 2.45. The second-order valence-electron chi connectivity index (χ2n) is 4.75. The number of ether oxygens (including phenoxy) is 1. The lowest BCUT2D eigenvalue weighted by atomic mass is 10.2. The minimum absolute atomic E-state index is 0.340. The molecule has 2 rings (SSSR count). The Balaban J connectivity index is 2.19. The van der Waals surface area contributed by atoms with Gasteiger partial charge in [0.25, 0.3) is 0 Å². The Bertz CT molecular complexity index is 594. The Morgan fingerprint density at radius 2 is 1.95 bits per heavy atom. The Labute approximate surface area is 123 Å². The van der Waals surface area contributed by atoms with Crippen molar-refractivity contribution in [2.75, 3.05) is 6.54 Å². The van der Waals surface area contributed by atoms with Crippen molar-refractivity contribution in [3.05, 3.63) is 53.4 Å². The van der Waals surface area contributed by atoms with Crippen molar-refractivity contribution in [2.24, 2.45) is 0 Å². The van der Waals surface area contributed by atoms with Gasteiger partial charge in [0.05, 0.1) is 5.69 Å². The molecule has 0 amide bonds. The SMILES string of the molecule is CCCNCc1cc(F)c(Oc2cccnc2C)c(F)c1. The number of halogens is 2. The zero-order valence-electron chi connectivity index (χ0n) is 12.1. The predicted molar refractivity (Wildman–Crippen MR) is 77.4 cm³/mol. The van der Waals surface area contributed by atoms with Crippen molar-refractivity contribution < 1.29 is 13.5 Å². The molecule has 0 fully saturated rings. The van der Waals surface area contributed by atoms with E-state index in [2.05, 4.69) is 10.3 Å². The standard InChI is InChI=1S/C16H18F2N2O/c1-3-6-19-10-12-8-13(17)16(14(18)9-12)21-15-5-4-7-20-11(15)2/h4-5,7-9,19H,3,6,10H2,1-2H3. The molecule has 0 aliphatic rings. The number of nitrogens with zero attached hydrogens (tertiary/aromatic N) is 1. The summed E-state index contributed by atoms with van der Waals surface area (Å²) in [5.41, 5.74) is 1.12.